The van der Waals surface area contributed by atoms with Gasteiger partial charge in [0.2, 0.25) is 0 Å². The predicted octanol–water partition coefficient (Wildman–Crippen LogP) is 6.90. The molecule has 6 fully saturated rings. The summed E-state index contributed by atoms with van der Waals surface area (Å²) in [7, 11) is 3.71. The van der Waals surface area contributed by atoms with Gasteiger partial charge in [0.05, 0.1) is 30.2 Å². The Kier molecular flexibility index (Phi) is 12.0. The first kappa shape index (κ1) is 45.6. The molecule has 1 saturated heterocycles. The molecule has 0 radical (unpaired) electrons. The first-order valence-electron chi connectivity index (χ1n) is 24.9. The van der Waals surface area contributed by atoms with E-state index in [-0.39, 0.29) is 83.4 Å². The first-order chi connectivity index (χ1) is 30.5. The average Bonchev–Trinajstić information content (AvgIpc) is 3.88. The minimum absolute atomic E-state index is 0.00122. The number of aromatic nitrogens is 2. The highest BCUT2D eigenvalue weighted by Gasteiger charge is 2.74. The normalized spacial score (nSPS) is 46.2. The van der Waals surface area contributed by atoms with Crippen molar-refractivity contribution in [3.63, 3.8) is 0 Å². The largest absolute Gasteiger partial charge is 0.396 e. The highest BCUT2D eigenvalue weighted by Crippen LogP contribution is 2.74. The summed E-state index contributed by atoms with van der Waals surface area (Å²) in [4.78, 5) is 24.0. The van der Waals surface area contributed by atoms with Crippen LogP contribution in [0.15, 0.2) is 57.7 Å². The number of guanidine groups is 1. The molecule has 9 aliphatic rings. The van der Waals surface area contributed by atoms with Crippen molar-refractivity contribution >= 4 is 33.3 Å². The van der Waals surface area contributed by atoms with Crippen molar-refractivity contribution in [3.05, 3.63) is 52.7 Å². The van der Waals surface area contributed by atoms with Gasteiger partial charge in [-0.1, -0.05) is 78.0 Å². The molecule has 1 aromatic heterocycles. The zero-order chi connectivity index (χ0) is 45.1. The third-order valence-electron chi connectivity index (χ3n) is 19.5. The number of hydrogen-bond donors (Lipinski definition) is 7. The van der Waals surface area contributed by atoms with E-state index >= 15 is 0 Å². The summed E-state index contributed by atoms with van der Waals surface area (Å²) in [6.45, 7) is 9.65. The van der Waals surface area contributed by atoms with Gasteiger partial charge in [-0.25, -0.2) is 4.98 Å². The molecule has 10 rings (SSSR count). The molecule has 4 bridgehead atoms. The Morgan fingerprint density at radius 3 is 2.52 bits per heavy atom. The number of nitrogens with two attached hydrogens (primary N) is 2. The number of allylic oxidation sites excluding steroid dienone is 3. The summed E-state index contributed by atoms with van der Waals surface area (Å²) in [5, 5.41) is 61.0. The molecular weight excluding hydrogens is 843 g/mol. The zero-order valence-corrected chi connectivity index (χ0v) is 40.2. The Hall–Kier alpha value is -2.13. The highest BCUT2D eigenvalue weighted by molar-refractivity contribution is 8.76. The number of ketones is 1. The number of hydrogen-bond acceptors (Lipinski definition) is 10. The summed E-state index contributed by atoms with van der Waals surface area (Å²) in [5.74, 6) is 0.0813. The van der Waals surface area contributed by atoms with Gasteiger partial charge < -0.3 is 41.6 Å². The van der Waals surface area contributed by atoms with Gasteiger partial charge in [-0.2, -0.15) is 0 Å². The zero-order valence-electron chi connectivity index (χ0n) is 38.6. The van der Waals surface area contributed by atoms with E-state index in [1.54, 1.807) is 22.8 Å². The summed E-state index contributed by atoms with van der Waals surface area (Å²) in [5.41, 5.74) is 16.1. The van der Waals surface area contributed by atoms with Gasteiger partial charge in [0.15, 0.2) is 11.7 Å². The molecule has 0 amide bonds. The number of aliphatic hydroxyl groups is 5. The predicted molar refractivity (Wildman–Crippen MR) is 254 cm³/mol. The minimum Gasteiger partial charge on any atom is -0.396 e. The van der Waals surface area contributed by atoms with E-state index in [2.05, 4.69) is 48.4 Å². The fraction of sp³-hybridized carbons (Fsp3) is 0.784. The van der Waals surface area contributed by atoms with Gasteiger partial charge in [0, 0.05) is 71.7 Å². The number of carbonyl (C=O) groups excluding carboxylic acids is 1. The number of nitrogens with zero attached hydrogens (tertiary/aromatic N) is 3. The van der Waals surface area contributed by atoms with Gasteiger partial charge in [0.1, 0.15) is 0 Å². The SMILES string of the molecule is CC1(C)CC(n2ccnc2)CSSC(CCCO)C2CC(C3CC4CCCC5=C4C(C1=C1CCCCC51)C3O)C1(C)CC(CN=C(N)N)C3C(=CC(=O)C4CC(O)C(O)CC43C)C21O. The van der Waals surface area contributed by atoms with Crippen molar-refractivity contribution in [3.8, 4) is 0 Å². The van der Waals surface area contributed by atoms with Crippen LogP contribution in [0.1, 0.15) is 130 Å². The van der Waals surface area contributed by atoms with E-state index in [1.165, 1.54) is 31.3 Å². The van der Waals surface area contributed by atoms with Crippen molar-refractivity contribution in [1.82, 2.24) is 9.55 Å². The molecule has 8 aliphatic carbocycles. The van der Waals surface area contributed by atoms with E-state index < -0.39 is 40.7 Å². The third kappa shape index (κ3) is 6.94. The van der Waals surface area contributed by atoms with E-state index in [9.17, 15) is 30.3 Å². The minimum atomic E-state index is -1.44. The molecule has 17 unspecified atom stereocenters. The molecule has 64 heavy (non-hydrogen) atoms. The molecule has 13 heteroatoms. The maximum absolute atomic E-state index is 14.7. The smallest absolute Gasteiger partial charge is 0.185 e. The van der Waals surface area contributed by atoms with Crippen LogP contribution in [-0.2, 0) is 4.79 Å². The molecule has 17 atom stereocenters. The van der Waals surface area contributed by atoms with E-state index in [1.807, 2.05) is 34.1 Å². The number of rotatable bonds is 6. The maximum Gasteiger partial charge on any atom is 0.185 e. The van der Waals surface area contributed by atoms with Gasteiger partial charge >= 0.3 is 0 Å². The van der Waals surface area contributed by atoms with Crippen molar-refractivity contribution in [2.24, 2.45) is 86.0 Å². The average molecular weight is 918 g/mol. The Morgan fingerprint density at radius 2 is 1.77 bits per heavy atom. The third-order valence-corrected chi connectivity index (χ3v) is 22.6. The van der Waals surface area contributed by atoms with Crippen LogP contribution in [0.2, 0.25) is 0 Å². The first-order valence-corrected chi connectivity index (χ1v) is 27.3. The number of imidazole rings is 1. The second-order valence-electron chi connectivity index (χ2n) is 23.2. The molecule has 11 nitrogen and oxygen atoms in total. The molecule has 0 aromatic carbocycles. The summed E-state index contributed by atoms with van der Waals surface area (Å²) in [6.07, 6.45) is 18.0. The molecule has 0 spiro atoms. The Bertz CT molecular complexity index is 2100. The number of aliphatic imine (C=N–C) groups is 1. The van der Waals surface area contributed by atoms with Crippen LogP contribution in [0.4, 0.5) is 0 Å². The number of carbonyl (C=O) groups is 1. The second kappa shape index (κ2) is 16.8. The molecule has 352 valence electrons. The molecule has 2 heterocycles. The molecule has 9 N–H and O–H groups in total. The van der Waals surface area contributed by atoms with Gasteiger partial charge in [-0.3, -0.25) is 9.79 Å². The lowest BCUT2D eigenvalue weighted by molar-refractivity contribution is -0.172. The van der Waals surface area contributed by atoms with Gasteiger partial charge in [-0.05, 0) is 142 Å². The van der Waals surface area contributed by atoms with Crippen LogP contribution in [0, 0.1) is 69.5 Å². The van der Waals surface area contributed by atoms with Crippen LogP contribution in [-0.4, -0.2) is 94.9 Å². The van der Waals surface area contributed by atoms with Gasteiger partial charge in [0.25, 0.3) is 0 Å². The number of aliphatic hydroxyl groups excluding tert-OH is 4. The molecule has 1 aromatic rings. The molecule has 1 aliphatic heterocycles. The topological polar surface area (TPSA) is 200 Å². The van der Waals surface area contributed by atoms with Crippen LogP contribution in [0.25, 0.3) is 0 Å². The summed E-state index contributed by atoms with van der Waals surface area (Å²) in [6, 6.07) is 0.143. The second-order valence-corrected chi connectivity index (χ2v) is 25.8. The Morgan fingerprint density at radius 1 is 0.969 bits per heavy atom. The lowest BCUT2D eigenvalue weighted by Gasteiger charge is -2.64. The van der Waals surface area contributed by atoms with E-state index in [0.29, 0.717) is 44.1 Å². The number of fused-ring (bicyclic) bond motifs is 13. The fourth-order valence-electron chi connectivity index (χ4n) is 17.2. The Balaban J connectivity index is 1.18. The lowest BCUT2D eigenvalue weighted by atomic mass is 9.42. The van der Waals surface area contributed by atoms with Crippen molar-refractivity contribution < 1.29 is 30.3 Å². The van der Waals surface area contributed by atoms with E-state index in [0.717, 1.165) is 43.4 Å². The lowest BCUT2D eigenvalue weighted by Crippen LogP contribution is -2.66. The van der Waals surface area contributed by atoms with Crippen molar-refractivity contribution in [2.45, 2.75) is 159 Å². The highest BCUT2D eigenvalue weighted by atomic mass is 33.1. The standard InChI is InChI=1S/C51H75N5O6S2/c1-48(2)22-29(56-15-14-54-26-56)25-63-64-41(13-8-16-57)36-18-34(33-17-27-9-7-12-31-30-10-5-6-11-32(30)45(48)43(42(27)31)46(33)61)50(4)21-28(24-55-47(52)53)44-37(51(36,50)62)20-38(58)35-19-39(59)40(60)23-49(35,44)3/h14-15,20,26-30,33-36,39-41,43-44,46,57,59-62H,5-13,16-19,21-25H2,1-4H3,(H4,52,53,55). The van der Waals surface area contributed by atoms with Crippen LogP contribution < -0.4 is 11.5 Å². The van der Waals surface area contributed by atoms with E-state index in [4.69, 9.17) is 11.5 Å². The Labute approximate surface area is 388 Å². The van der Waals surface area contributed by atoms with Crippen molar-refractivity contribution in [1.29, 1.82) is 0 Å². The van der Waals surface area contributed by atoms with Crippen molar-refractivity contribution in [2.75, 3.05) is 18.9 Å². The fourth-order valence-corrected chi connectivity index (χ4v) is 20.6. The van der Waals surface area contributed by atoms with Crippen LogP contribution in [0.5, 0.6) is 0 Å². The molecule has 5 saturated carbocycles. The van der Waals surface area contributed by atoms with Crippen LogP contribution >= 0.6 is 21.6 Å². The van der Waals surface area contributed by atoms with Crippen LogP contribution in [0.3, 0.4) is 0 Å². The summed E-state index contributed by atoms with van der Waals surface area (Å²) >= 11 is 0. The monoisotopic (exact) mass is 918 g/mol. The molecular formula is C51H75N5O6S2. The quantitative estimate of drug-likeness (QED) is 0.0678. The summed E-state index contributed by atoms with van der Waals surface area (Å²) < 4.78 is 2.29. The van der Waals surface area contributed by atoms with Gasteiger partial charge in [-0.15, -0.1) is 0 Å². The maximum atomic E-state index is 14.7.